The fraction of sp³-hybridized carbons (Fsp3) is 0.125. The monoisotopic (exact) mass is 333 g/mol. The minimum atomic E-state index is -1.01. The molecule has 1 heterocycles. The average Bonchev–Trinajstić information content (AvgIpc) is 2.51. The zero-order valence-corrected chi connectivity index (χ0v) is 13.0. The fourth-order valence-corrected chi connectivity index (χ4v) is 3.42. The maximum atomic E-state index is 12.3. The van der Waals surface area contributed by atoms with Crippen LogP contribution in [0.3, 0.4) is 0 Å². The Balaban J connectivity index is 2.01. The van der Waals surface area contributed by atoms with E-state index in [1.54, 1.807) is 29.2 Å². The van der Waals surface area contributed by atoms with E-state index in [4.69, 9.17) is 16.7 Å². The lowest BCUT2D eigenvalue weighted by Crippen LogP contribution is -2.35. The third kappa shape index (κ3) is 2.82. The molecule has 0 bridgehead atoms. The maximum absolute atomic E-state index is 12.3. The van der Waals surface area contributed by atoms with Crippen molar-refractivity contribution in [3.05, 3.63) is 58.6 Å². The Labute approximate surface area is 136 Å². The van der Waals surface area contributed by atoms with Gasteiger partial charge in [0.25, 0.3) is 0 Å². The molecule has 0 atom stereocenters. The predicted molar refractivity (Wildman–Crippen MR) is 86.8 cm³/mol. The Morgan fingerprint density at radius 3 is 2.77 bits per heavy atom. The summed E-state index contributed by atoms with van der Waals surface area (Å²) in [6, 6.07) is 12.2. The van der Waals surface area contributed by atoms with Crippen molar-refractivity contribution in [2.24, 2.45) is 0 Å². The number of rotatable bonds is 3. The molecule has 0 fully saturated rings. The number of carboxylic acid groups (broad SMARTS) is 1. The highest BCUT2D eigenvalue weighted by Crippen LogP contribution is 2.37. The quantitative estimate of drug-likeness (QED) is 0.931. The number of benzene rings is 2. The number of carboxylic acids is 1. The van der Waals surface area contributed by atoms with E-state index in [1.807, 2.05) is 18.2 Å². The first-order valence-electron chi connectivity index (χ1n) is 6.60. The smallest absolute Gasteiger partial charge is 0.335 e. The van der Waals surface area contributed by atoms with Gasteiger partial charge in [0.15, 0.2) is 0 Å². The van der Waals surface area contributed by atoms with Gasteiger partial charge < -0.3 is 10.0 Å². The first-order chi connectivity index (χ1) is 10.6. The number of amides is 1. The second kappa shape index (κ2) is 6.02. The highest BCUT2D eigenvalue weighted by Gasteiger charge is 2.26. The Kier molecular flexibility index (Phi) is 4.09. The van der Waals surface area contributed by atoms with Crippen molar-refractivity contribution >= 4 is 40.9 Å². The van der Waals surface area contributed by atoms with Crippen LogP contribution >= 0.6 is 23.4 Å². The van der Waals surface area contributed by atoms with Crippen molar-refractivity contribution in [1.29, 1.82) is 0 Å². The minimum Gasteiger partial charge on any atom is -0.478 e. The molecule has 1 aliphatic rings. The summed E-state index contributed by atoms with van der Waals surface area (Å²) in [6.07, 6.45) is 0. The number of thioether (sulfide) groups is 1. The summed E-state index contributed by atoms with van der Waals surface area (Å²) in [6.45, 7) is 0.329. The SMILES string of the molecule is O=C(O)c1ccc2c(c1)N(Cc1ccccc1Cl)C(=O)CS2. The lowest BCUT2D eigenvalue weighted by atomic mass is 10.1. The van der Waals surface area contributed by atoms with Crippen molar-refractivity contribution < 1.29 is 14.7 Å². The molecule has 112 valence electrons. The molecular weight excluding hydrogens is 322 g/mol. The summed E-state index contributed by atoms with van der Waals surface area (Å²) in [5.74, 6) is -0.729. The van der Waals surface area contributed by atoms with Gasteiger partial charge in [0.05, 0.1) is 23.5 Å². The van der Waals surface area contributed by atoms with Gasteiger partial charge in [-0.15, -0.1) is 11.8 Å². The molecule has 0 unspecified atom stereocenters. The zero-order valence-electron chi connectivity index (χ0n) is 11.5. The van der Waals surface area contributed by atoms with E-state index in [0.29, 0.717) is 23.0 Å². The van der Waals surface area contributed by atoms with Crippen LogP contribution in [0.2, 0.25) is 5.02 Å². The number of hydrogen-bond donors (Lipinski definition) is 1. The van der Waals surface area contributed by atoms with Crippen molar-refractivity contribution in [2.45, 2.75) is 11.4 Å². The van der Waals surface area contributed by atoms with E-state index in [-0.39, 0.29) is 11.5 Å². The molecule has 2 aromatic carbocycles. The molecule has 3 rings (SSSR count). The molecule has 0 spiro atoms. The molecule has 4 nitrogen and oxygen atoms in total. The van der Waals surface area contributed by atoms with Crippen molar-refractivity contribution in [3.63, 3.8) is 0 Å². The Morgan fingerprint density at radius 1 is 1.27 bits per heavy atom. The second-order valence-corrected chi connectivity index (χ2v) is 6.27. The van der Waals surface area contributed by atoms with Gasteiger partial charge >= 0.3 is 5.97 Å². The number of halogens is 1. The Hall–Kier alpha value is -1.98. The first-order valence-corrected chi connectivity index (χ1v) is 7.96. The van der Waals surface area contributed by atoms with Gasteiger partial charge in [-0.3, -0.25) is 4.79 Å². The van der Waals surface area contributed by atoms with Gasteiger partial charge in [0.2, 0.25) is 5.91 Å². The zero-order chi connectivity index (χ0) is 15.7. The molecular formula is C16H12ClNO3S. The number of carbonyl (C=O) groups excluding carboxylic acids is 1. The number of carbonyl (C=O) groups is 2. The number of aromatic carboxylic acids is 1. The number of hydrogen-bond acceptors (Lipinski definition) is 3. The van der Waals surface area contributed by atoms with E-state index in [9.17, 15) is 9.59 Å². The molecule has 6 heteroatoms. The lowest BCUT2D eigenvalue weighted by molar-refractivity contribution is -0.116. The number of anilines is 1. The summed E-state index contributed by atoms with van der Waals surface area (Å²) in [4.78, 5) is 25.9. The second-order valence-electron chi connectivity index (χ2n) is 4.85. The maximum Gasteiger partial charge on any atom is 0.335 e. The first kappa shape index (κ1) is 14.9. The van der Waals surface area contributed by atoms with Crippen molar-refractivity contribution in [1.82, 2.24) is 0 Å². The van der Waals surface area contributed by atoms with Crippen LogP contribution in [0, 0.1) is 0 Å². The third-order valence-electron chi connectivity index (χ3n) is 3.44. The van der Waals surface area contributed by atoms with Crippen LogP contribution in [0.15, 0.2) is 47.4 Å². The molecule has 0 saturated carbocycles. The summed E-state index contributed by atoms with van der Waals surface area (Å²) < 4.78 is 0. The van der Waals surface area contributed by atoms with Gasteiger partial charge in [0.1, 0.15) is 0 Å². The predicted octanol–water partition coefficient (Wildman–Crippen LogP) is 3.68. The van der Waals surface area contributed by atoms with Gasteiger partial charge in [0, 0.05) is 9.92 Å². The summed E-state index contributed by atoms with van der Waals surface area (Å²) >= 11 is 7.58. The van der Waals surface area contributed by atoms with Gasteiger partial charge in [-0.25, -0.2) is 4.79 Å². The lowest BCUT2D eigenvalue weighted by Gasteiger charge is -2.29. The average molecular weight is 334 g/mol. The Morgan fingerprint density at radius 2 is 2.05 bits per heavy atom. The van der Waals surface area contributed by atoms with Crippen LogP contribution in [0.1, 0.15) is 15.9 Å². The topological polar surface area (TPSA) is 57.6 Å². The molecule has 0 aliphatic carbocycles. The molecule has 1 aliphatic heterocycles. The standard InChI is InChI=1S/C16H12ClNO3S/c17-12-4-2-1-3-11(12)8-18-13-7-10(16(20)21)5-6-14(13)22-9-15(18)19/h1-7H,8-9H2,(H,20,21). The number of fused-ring (bicyclic) bond motifs is 1. The van der Waals surface area contributed by atoms with Crippen LogP contribution in [-0.2, 0) is 11.3 Å². The summed E-state index contributed by atoms with van der Waals surface area (Å²) in [5.41, 5.74) is 1.62. The largest absolute Gasteiger partial charge is 0.478 e. The van der Waals surface area contributed by atoms with E-state index in [1.165, 1.54) is 11.8 Å². The van der Waals surface area contributed by atoms with Crippen LogP contribution in [0.5, 0.6) is 0 Å². The molecule has 0 saturated heterocycles. The van der Waals surface area contributed by atoms with E-state index in [2.05, 4.69) is 0 Å². The van der Waals surface area contributed by atoms with E-state index < -0.39 is 5.97 Å². The van der Waals surface area contributed by atoms with Gasteiger partial charge in [-0.1, -0.05) is 29.8 Å². The minimum absolute atomic E-state index is 0.0556. The fourth-order valence-electron chi connectivity index (χ4n) is 2.31. The van der Waals surface area contributed by atoms with Crippen LogP contribution in [0.25, 0.3) is 0 Å². The van der Waals surface area contributed by atoms with Crippen molar-refractivity contribution in [3.8, 4) is 0 Å². The molecule has 2 aromatic rings. The van der Waals surface area contributed by atoms with Crippen LogP contribution < -0.4 is 4.90 Å². The van der Waals surface area contributed by atoms with Gasteiger partial charge in [-0.2, -0.15) is 0 Å². The molecule has 1 N–H and O–H groups in total. The molecule has 0 radical (unpaired) electrons. The molecule has 0 aromatic heterocycles. The highest BCUT2D eigenvalue weighted by molar-refractivity contribution is 8.00. The summed E-state index contributed by atoms with van der Waals surface area (Å²) in [7, 11) is 0. The van der Waals surface area contributed by atoms with Crippen molar-refractivity contribution in [2.75, 3.05) is 10.7 Å². The Bertz CT molecular complexity index is 763. The third-order valence-corrected chi connectivity index (χ3v) is 4.85. The van der Waals surface area contributed by atoms with E-state index in [0.717, 1.165) is 10.5 Å². The molecule has 22 heavy (non-hydrogen) atoms. The van der Waals surface area contributed by atoms with Gasteiger partial charge in [-0.05, 0) is 29.8 Å². The summed E-state index contributed by atoms with van der Waals surface area (Å²) in [5, 5.41) is 9.73. The van der Waals surface area contributed by atoms with Crippen LogP contribution in [0.4, 0.5) is 5.69 Å². The van der Waals surface area contributed by atoms with Crippen LogP contribution in [-0.4, -0.2) is 22.7 Å². The molecule has 1 amide bonds. The van der Waals surface area contributed by atoms with E-state index >= 15 is 0 Å². The normalized spacial score (nSPS) is 13.9. The highest BCUT2D eigenvalue weighted by atomic mass is 35.5. The number of nitrogens with zero attached hydrogens (tertiary/aromatic N) is 1.